The summed E-state index contributed by atoms with van der Waals surface area (Å²) in [5.74, 6) is -0.930. The smallest absolute Gasteiger partial charge is 0.306 e. The van der Waals surface area contributed by atoms with Gasteiger partial charge in [0.2, 0.25) is 0 Å². The Labute approximate surface area is 365 Å². The van der Waals surface area contributed by atoms with E-state index in [9.17, 15) is 45.3 Å². The highest BCUT2D eigenvalue weighted by atomic mass is 16.7. The number of aliphatic hydroxyl groups is 7. The Morgan fingerprint density at radius 2 is 0.934 bits per heavy atom. The second-order valence-electron chi connectivity index (χ2n) is 16.9. The summed E-state index contributed by atoms with van der Waals surface area (Å²) < 4.78 is 33.5. The summed E-state index contributed by atoms with van der Waals surface area (Å²) in [4.78, 5) is 25.6. The molecule has 2 saturated heterocycles. The second kappa shape index (κ2) is 34.6. The van der Waals surface area contributed by atoms with Gasteiger partial charge in [-0.3, -0.25) is 9.59 Å². The molecule has 11 atom stereocenters. The van der Waals surface area contributed by atoms with Crippen molar-refractivity contribution in [1.82, 2.24) is 0 Å². The molecule has 0 aromatic carbocycles. The van der Waals surface area contributed by atoms with Gasteiger partial charge in [-0.25, -0.2) is 0 Å². The molecule has 0 aromatic heterocycles. The predicted molar refractivity (Wildman–Crippen MR) is 229 cm³/mol. The highest BCUT2D eigenvalue weighted by Crippen LogP contribution is 2.26. The SMILES string of the molecule is CCCCC/C=C/CCCCCCCC(=O)OC[C@H](CO[C@@H]1O[C@H](CO[C@@H]2O[C@H](CO)[C@H](O)C(O)C2O)[C@H](O)C(O)C1O)OC(=O)CCCCCCCCCCCCCCC. The highest BCUT2D eigenvalue weighted by molar-refractivity contribution is 5.70. The average molecular weight is 877 g/mol. The summed E-state index contributed by atoms with van der Waals surface area (Å²) in [6.45, 7) is 2.55. The number of carbonyl (C=O) groups excluding carboxylic acids is 2. The second-order valence-corrected chi connectivity index (χ2v) is 16.9. The normalized spacial score (nSPS) is 27.4. The molecule has 2 rings (SSSR count). The first kappa shape index (κ1) is 55.4. The number of esters is 2. The van der Waals surface area contributed by atoms with E-state index in [0.717, 1.165) is 57.8 Å². The van der Waals surface area contributed by atoms with Gasteiger partial charge in [0.25, 0.3) is 0 Å². The molecular weight excluding hydrogens is 792 g/mol. The Kier molecular flexibility index (Phi) is 31.4. The largest absolute Gasteiger partial charge is 0.462 e. The molecule has 2 fully saturated rings. The van der Waals surface area contributed by atoms with Crippen LogP contribution in [-0.4, -0.2) is 142 Å². The van der Waals surface area contributed by atoms with E-state index in [4.69, 9.17) is 28.4 Å². The quantitative estimate of drug-likeness (QED) is 0.0236. The minimum absolute atomic E-state index is 0.168. The minimum atomic E-state index is -1.76. The number of allylic oxidation sites excluding steroid dienone is 2. The van der Waals surface area contributed by atoms with Crippen molar-refractivity contribution in [2.45, 2.75) is 242 Å². The van der Waals surface area contributed by atoms with E-state index in [1.807, 2.05) is 0 Å². The van der Waals surface area contributed by atoms with E-state index in [2.05, 4.69) is 26.0 Å². The first-order valence-corrected chi connectivity index (χ1v) is 23.8. The summed E-state index contributed by atoms with van der Waals surface area (Å²) in [7, 11) is 0. The zero-order valence-corrected chi connectivity index (χ0v) is 37.4. The summed E-state index contributed by atoms with van der Waals surface area (Å²) in [5.41, 5.74) is 0. The number of rotatable bonds is 36. The average Bonchev–Trinajstić information content (AvgIpc) is 3.25. The van der Waals surface area contributed by atoms with Crippen LogP contribution in [0.4, 0.5) is 0 Å². The zero-order valence-electron chi connectivity index (χ0n) is 37.4. The maximum Gasteiger partial charge on any atom is 0.306 e. The van der Waals surface area contributed by atoms with Crippen molar-refractivity contribution in [1.29, 1.82) is 0 Å². The van der Waals surface area contributed by atoms with E-state index in [1.54, 1.807) is 0 Å². The molecule has 0 amide bonds. The number of hydrogen-bond donors (Lipinski definition) is 7. The van der Waals surface area contributed by atoms with Crippen LogP contribution in [0.5, 0.6) is 0 Å². The Hall–Kier alpha value is -1.76. The van der Waals surface area contributed by atoms with Crippen LogP contribution in [0, 0.1) is 0 Å². The molecule has 7 N–H and O–H groups in total. The lowest BCUT2D eigenvalue weighted by atomic mass is 9.98. The molecule has 2 aliphatic heterocycles. The van der Waals surface area contributed by atoms with Gasteiger partial charge in [0, 0.05) is 12.8 Å². The third-order valence-corrected chi connectivity index (χ3v) is 11.5. The van der Waals surface area contributed by atoms with Crippen LogP contribution in [0.1, 0.15) is 174 Å². The molecule has 2 heterocycles. The molecular formula is C46H84O15. The Balaban J connectivity index is 1.85. The summed E-state index contributed by atoms with van der Waals surface area (Å²) in [6, 6.07) is 0. The van der Waals surface area contributed by atoms with Crippen LogP contribution in [0.3, 0.4) is 0 Å². The fourth-order valence-corrected chi connectivity index (χ4v) is 7.50. The first-order valence-electron chi connectivity index (χ1n) is 23.8. The van der Waals surface area contributed by atoms with Crippen molar-refractivity contribution in [3.63, 3.8) is 0 Å². The van der Waals surface area contributed by atoms with E-state index in [0.29, 0.717) is 12.8 Å². The monoisotopic (exact) mass is 877 g/mol. The van der Waals surface area contributed by atoms with E-state index < -0.39 is 92.7 Å². The molecule has 2 aliphatic rings. The fourth-order valence-electron chi connectivity index (χ4n) is 7.50. The van der Waals surface area contributed by atoms with Gasteiger partial charge in [-0.2, -0.15) is 0 Å². The highest BCUT2D eigenvalue weighted by Gasteiger charge is 2.47. The molecule has 0 aliphatic carbocycles. The zero-order chi connectivity index (χ0) is 44.7. The third kappa shape index (κ3) is 23.7. The number of ether oxygens (including phenoxy) is 6. The van der Waals surface area contributed by atoms with Crippen molar-refractivity contribution < 1.29 is 73.8 Å². The molecule has 358 valence electrons. The van der Waals surface area contributed by atoms with Crippen molar-refractivity contribution in [3.8, 4) is 0 Å². The summed E-state index contributed by atoms with van der Waals surface area (Å²) in [6.07, 6.45) is 13.9. The van der Waals surface area contributed by atoms with Gasteiger partial charge in [0.1, 0.15) is 55.4 Å². The van der Waals surface area contributed by atoms with Crippen molar-refractivity contribution >= 4 is 11.9 Å². The van der Waals surface area contributed by atoms with Gasteiger partial charge in [-0.15, -0.1) is 0 Å². The van der Waals surface area contributed by atoms with Gasteiger partial charge in [-0.1, -0.05) is 135 Å². The maximum atomic E-state index is 12.9. The Bertz CT molecular complexity index is 1120. The standard InChI is InChI=1S/C46H84O15/c1-3-5-7-9-11-13-15-17-19-21-23-25-27-29-38(49)59-34(31-56-37(48)28-26-24-22-20-18-16-14-12-10-8-6-4-2)32-57-45-44(55)42(53)40(51)36(61-45)33-58-46-43(54)41(52)39(50)35(30-47)60-46/h12,14,34-36,39-47,50-55H,3-11,13,15-33H2,1-2H3/b14-12+/t34-,35-,36-,39+,40+,41?,42?,43?,44?,45-,46-/m1/s1. The molecule has 0 aromatic rings. The number of carbonyl (C=O) groups is 2. The van der Waals surface area contributed by atoms with Gasteiger partial charge in [-0.05, 0) is 38.5 Å². The Morgan fingerprint density at radius 1 is 0.508 bits per heavy atom. The lowest BCUT2D eigenvalue weighted by Gasteiger charge is -2.42. The lowest BCUT2D eigenvalue weighted by Crippen LogP contribution is -2.61. The molecule has 15 nitrogen and oxygen atoms in total. The lowest BCUT2D eigenvalue weighted by molar-refractivity contribution is -0.332. The van der Waals surface area contributed by atoms with Crippen LogP contribution < -0.4 is 0 Å². The molecule has 15 heteroatoms. The van der Waals surface area contributed by atoms with E-state index >= 15 is 0 Å². The van der Waals surface area contributed by atoms with Crippen molar-refractivity contribution in [2.75, 3.05) is 26.4 Å². The van der Waals surface area contributed by atoms with Crippen molar-refractivity contribution in [2.24, 2.45) is 0 Å². The molecule has 0 bridgehead atoms. The van der Waals surface area contributed by atoms with Gasteiger partial charge < -0.3 is 64.2 Å². The third-order valence-electron chi connectivity index (χ3n) is 11.5. The molecule has 0 radical (unpaired) electrons. The van der Waals surface area contributed by atoms with E-state index in [-0.39, 0.29) is 26.1 Å². The molecule has 0 spiro atoms. The van der Waals surface area contributed by atoms with Gasteiger partial charge in [0.05, 0.1) is 19.8 Å². The summed E-state index contributed by atoms with van der Waals surface area (Å²) in [5, 5.41) is 71.9. The number of hydrogen-bond acceptors (Lipinski definition) is 15. The van der Waals surface area contributed by atoms with Gasteiger partial charge in [0.15, 0.2) is 18.7 Å². The van der Waals surface area contributed by atoms with Crippen LogP contribution in [0.2, 0.25) is 0 Å². The number of unbranched alkanes of at least 4 members (excludes halogenated alkanes) is 20. The van der Waals surface area contributed by atoms with E-state index in [1.165, 1.54) is 77.0 Å². The van der Waals surface area contributed by atoms with Crippen LogP contribution in [-0.2, 0) is 38.0 Å². The van der Waals surface area contributed by atoms with Crippen molar-refractivity contribution in [3.05, 3.63) is 12.2 Å². The topological polar surface area (TPSA) is 231 Å². The first-order chi connectivity index (χ1) is 29.5. The van der Waals surface area contributed by atoms with Gasteiger partial charge >= 0.3 is 11.9 Å². The molecule has 0 saturated carbocycles. The molecule has 61 heavy (non-hydrogen) atoms. The summed E-state index contributed by atoms with van der Waals surface area (Å²) >= 11 is 0. The maximum absolute atomic E-state index is 12.9. The minimum Gasteiger partial charge on any atom is -0.462 e. The predicted octanol–water partition coefficient (Wildman–Crippen LogP) is 5.43. The molecule has 4 unspecified atom stereocenters. The van der Waals surface area contributed by atoms with Crippen LogP contribution in [0.15, 0.2) is 12.2 Å². The van der Waals surface area contributed by atoms with Crippen LogP contribution >= 0.6 is 0 Å². The fraction of sp³-hybridized carbons (Fsp3) is 0.913. The number of aliphatic hydroxyl groups excluding tert-OH is 7. The van der Waals surface area contributed by atoms with Crippen LogP contribution in [0.25, 0.3) is 0 Å². The Morgan fingerprint density at radius 3 is 1.48 bits per heavy atom.